The summed E-state index contributed by atoms with van der Waals surface area (Å²) in [7, 11) is 0. The molecule has 1 aromatic heterocycles. The molecular weight excluding hydrogens is 321 g/mol. The normalized spacial score (nSPS) is 27.7. The van der Waals surface area contributed by atoms with Crippen LogP contribution in [0, 0.1) is 0 Å². The fourth-order valence-corrected chi connectivity index (χ4v) is 4.99. The Labute approximate surface area is 146 Å². The smallest absolute Gasteiger partial charge is 0.100 e. The lowest BCUT2D eigenvalue weighted by atomic mass is 10.00. The molecule has 0 saturated carbocycles. The molecule has 126 valence electrons. The van der Waals surface area contributed by atoms with Crippen LogP contribution in [0.4, 0.5) is 10.1 Å². The number of fused-ring (bicyclic) bond motifs is 1. The van der Waals surface area contributed by atoms with E-state index in [0.29, 0.717) is 12.5 Å². The van der Waals surface area contributed by atoms with Crippen LogP contribution < -0.4 is 5.32 Å². The number of allylic oxidation sites excluding steroid dienone is 4. The Hall–Kier alpha value is -1.56. The van der Waals surface area contributed by atoms with Crippen LogP contribution in [0.1, 0.15) is 35.6 Å². The molecule has 1 N–H and O–H groups in total. The minimum atomic E-state index is -0.0286. The SMILES string of the molecule is C=C1C=Nc2cc(C3=CC=C(F)CC3)sc2C1N1CCNC(C)C1. The van der Waals surface area contributed by atoms with Crippen LogP contribution in [0.15, 0.2) is 41.2 Å². The van der Waals surface area contributed by atoms with Gasteiger partial charge >= 0.3 is 0 Å². The molecule has 2 aliphatic heterocycles. The summed E-state index contributed by atoms with van der Waals surface area (Å²) in [4.78, 5) is 9.59. The van der Waals surface area contributed by atoms with Gasteiger partial charge in [-0.05, 0) is 36.6 Å². The van der Waals surface area contributed by atoms with Gasteiger partial charge in [0.2, 0.25) is 0 Å². The Balaban J connectivity index is 1.67. The fraction of sp³-hybridized carbons (Fsp3) is 0.421. The summed E-state index contributed by atoms with van der Waals surface area (Å²) in [6.07, 6.45) is 6.68. The van der Waals surface area contributed by atoms with Gasteiger partial charge in [-0.25, -0.2) is 4.39 Å². The second kappa shape index (κ2) is 6.39. The Bertz CT molecular complexity index is 759. The first-order valence-corrected chi connectivity index (χ1v) is 9.33. The first-order valence-electron chi connectivity index (χ1n) is 8.51. The Morgan fingerprint density at radius 1 is 1.38 bits per heavy atom. The minimum Gasteiger partial charge on any atom is -0.312 e. The maximum absolute atomic E-state index is 13.3. The molecule has 1 aromatic rings. The van der Waals surface area contributed by atoms with Gasteiger partial charge in [0, 0.05) is 43.2 Å². The summed E-state index contributed by atoms with van der Waals surface area (Å²) in [5.41, 5.74) is 3.33. The third kappa shape index (κ3) is 2.92. The maximum atomic E-state index is 13.3. The molecule has 1 aliphatic carbocycles. The van der Waals surface area contributed by atoms with Crippen LogP contribution >= 0.6 is 11.3 Å². The highest BCUT2D eigenvalue weighted by Crippen LogP contribution is 2.46. The monoisotopic (exact) mass is 343 g/mol. The molecule has 5 heteroatoms. The molecule has 0 bridgehead atoms. The summed E-state index contributed by atoms with van der Waals surface area (Å²) in [5.74, 6) is -0.0286. The number of piperazine rings is 1. The molecule has 2 unspecified atom stereocenters. The molecule has 24 heavy (non-hydrogen) atoms. The van der Waals surface area contributed by atoms with E-state index in [0.717, 1.165) is 37.3 Å². The van der Waals surface area contributed by atoms with Gasteiger partial charge in [-0.2, -0.15) is 0 Å². The van der Waals surface area contributed by atoms with Gasteiger partial charge < -0.3 is 5.32 Å². The van der Waals surface area contributed by atoms with Gasteiger partial charge in [0.15, 0.2) is 0 Å². The van der Waals surface area contributed by atoms with Crippen molar-refractivity contribution < 1.29 is 4.39 Å². The van der Waals surface area contributed by atoms with E-state index in [4.69, 9.17) is 0 Å². The first kappa shape index (κ1) is 15.9. The number of aliphatic imine (C=N–C) groups is 1. The van der Waals surface area contributed by atoms with Gasteiger partial charge in [-0.3, -0.25) is 9.89 Å². The molecular formula is C19H22FN3S. The van der Waals surface area contributed by atoms with E-state index < -0.39 is 0 Å². The summed E-state index contributed by atoms with van der Waals surface area (Å²) in [6.45, 7) is 9.51. The second-order valence-electron chi connectivity index (χ2n) is 6.75. The average molecular weight is 343 g/mol. The number of nitrogens with zero attached hydrogens (tertiary/aromatic N) is 2. The molecule has 3 heterocycles. The third-order valence-electron chi connectivity index (χ3n) is 4.89. The Morgan fingerprint density at radius 2 is 2.25 bits per heavy atom. The van der Waals surface area contributed by atoms with E-state index >= 15 is 0 Å². The second-order valence-corrected chi connectivity index (χ2v) is 7.84. The number of thiophene rings is 1. The van der Waals surface area contributed by atoms with E-state index in [9.17, 15) is 4.39 Å². The molecule has 3 nitrogen and oxygen atoms in total. The van der Waals surface area contributed by atoms with Crippen molar-refractivity contribution in [2.45, 2.75) is 31.8 Å². The third-order valence-corrected chi connectivity index (χ3v) is 6.14. The zero-order chi connectivity index (χ0) is 16.7. The minimum absolute atomic E-state index is 0.0286. The standard InChI is InChI=1S/C19H22FN3S/c1-12-10-22-16-9-17(14-3-5-15(20)6-4-14)24-19(16)18(12)23-8-7-21-13(2)11-23/h3,5,9-10,13,18,21H,1,4,6-8,11H2,2H3. The zero-order valence-corrected chi connectivity index (χ0v) is 14.7. The number of hydrogen-bond donors (Lipinski definition) is 1. The van der Waals surface area contributed by atoms with Crippen molar-refractivity contribution in [2.24, 2.45) is 4.99 Å². The van der Waals surface area contributed by atoms with Gasteiger partial charge in [0.1, 0.15) is 5.83 Å². The van der Waals surface area contributed by atoms with Gasteiger partial charge in [0.05, 0.1) is 16.6 Å². The molecule has 0 aromatic carbocycles. The molecule has 2 atom stereocenters. The highest BCUT2D eigenvalue weighted by atomic mass is 32.1. The summed E-state index contributed by atoms with van der Waals surface area (Å²) in [6, 6.07) is 2.87. The molecule has 0 amide bonds. The van der Waals surface area contributed by atoms with Crippen LogP contribution in [0.25, 0.3) is 5.57 Å². The lowest BCUT2D eigenvalue weighted by Gasteiger charge is -2.38. The van der Waals surface area contributed by atoms with E-state index in [1.54, 1.807) is 17.4 Å². The molecule has 0 spiro atoms. The van der Waals surface area contributed by atoms with Gasteiger partial charge in [0.25, 0.3) is 0 Å². The van der Waals surface area contributed by atoms with Crippen molar-refractivity contribution in [3.8, 4) is 0 Å². The maximum Gasteiger partial charge on any atom is 0.100 e. The average Bonchev–Trinajstić information content (AvgIpc) is 2.99. The zero-order valence-electron chi connectivity index (χ0n) is 13.9. The van der Waals surface area contributed by atoms with Crippen molar-refractivity contribution in [2.75, 3.05) is 19.6 Å². The van der Waals surface area contributed by atoms with E-state index in [-0.39, 0.29) is 11.9 Å². The lowest BCUT2D eigenvalue weighted by Crippen LogP contribution is -2.50. The number of halogens is 1. The molecule has 1 fully saturated rings. The summed E-state index contributed by atoms with van der Waals surface area (Å²) < 4.78 is 13.3. The van der Waals surface area contributed by atoms with Gasteiger partial charge in [-0.1, -0.05) is 12.7 Å². The van der Waals surface area contributed by atoms with Gasteiger partial charge in [-0.15, -0.1) is 11.3 Å². The predicted molar refractivity (Wildman–Crippen MR) is 99.8 cm³/mol. The molecule has 4 rings (SSSR count). The van der Waals surface area contributed by atoms with E-state index in [1.165, 1.54) is 15.3 Å². The van der Waals surface area contributed by atoms with Crippen molar-refractivity contribution in [1.29, 1.82) is 0 Å². The topological polar surface area (TPSA) is 27.6 Å². The quantitative estimate of drug-likeness (QED) is 0.863. The highest BCUT2D eigenvalue weighted by molar-refractivity contribution is 7.13. The molecule has 0 radical (unpaired) electrons. The number of hydrogen-bond acceptors (Lipinski definition) is 4. The number of rotatable bonds is 2. The lowest BCUT2D eigenvalue weighted by molar-refractivity contribution is 0.173. The van der Waals surface area contributed by atoms with Crippen LogP contribution in [-0.4, -0.2) is 36.8 Å². The highest BCUT2D eigenvalue weighted by Gasteiger charge is 2.32. The Kier molecular flexibility index (Phi) is 4.24. The van der Waals surface area contributed by atoms with Crippen LogP contribution in [0.3, 0.4) is 0 Å². The molecule has 3 aliphatic rings. The molecule has 1 saturated heterocycles. The fourth-order valence-electron chi connectivity index (χ4n) is 3.66. The Morgan fingerprint density at radius 3 is 3.00 bits per heavy atom. The van der Waals surface area contributed by atoms with Crippen molar-refractivity contribution in [3.63, 3.8) is 0 Å². The first-order chi connectivity index (χ1) is 11.6. The van der Waals surface area contributed by atoms with Crippen molar-refractivity contribution in [1.82, 2.24) is 10.2 Å². The van der Waals surface area contributed by atoms with Crippen molar-refractivity contribution in [3.05, 3.63) is 46.0 Å². The van der Waals surface area contributed by atoms with E-state index in [2.05, 4.69) is 34.8 Å². The predicted octanol–water partition coefficient (Wildman–Crippen LogP) is 4.39. The van der Waals surface area contributed by atoms with Crippen LogP contribution in [0.2, 0.25) is 0 Å². The van der Waals surface area contributed by atoms with Crippen LogP contribution in [-0.2, 0) is 0 Å². The number of nitrogens with one attached hydrogen (secondary N) is 1. The van der Waals surface area contributed by atoms with E-state index in [1.807, 2.05) is 12.3 Å². The van der Waals surface area contributed by atoms with Crippen LogP contribution in [0.5, 0.6) is 0 Å². The summed E-state index contributed by atoms with van der Waals surface area (Å²) in [5, 5.41) is 3.50. The summed E-state index contributed by atoms with van der Waals surface area (Å²) >= 11 is 1.79. The van der Waals surface area contributed by atoms with Crippen molar-refractivity contribution >= 4 is 28.8 Å². The largest absolute Gasteiger partial charge is 0.312 e.